The van der Waals surface area contributed by atoms with Gasteiger partial charge in [-0.15, -0.1) is 0 Å². The molecule has 0 saturated carbocycles. The molecular formula is C43H53N7O5. The summed E-state index contributed by atoms with van der Waals surface area (Å²) in [5.74, 6) is 3.14. The Morgan fingerprint density at radius 2 is 1.71 bits per heavy atom. The monoisotopic (exact) mass is 747 g/mol. The van der Waals surface area contributed by atoms with Crippen LogP contribution in [0.25, 0.3) is 22.5 Å². The van der Waals surface area contributed by atoms with Crippen LogP contribution in [0.5, 0.6) is 11.5 Å². The van der Waals surface area contributed by atoms with Crippen molar-refractivity contribution in [3.63, 3.8) is 0 Å². The minimum atomic E-state index is -0.737. The normalized spacial score (nSPS) is 19.8. The van der Waals surface area contributed by atoms with E-state index in [0.29, 0.717) is 12.4 Å². The first kappa shape index (κ1) is 37.9. The van der Waals surface area contributed by atoms with Crippen molar-refractivity contribution < 1.29 is 23.9 Å². The van der Waals surface area contributed by atoms with Crippen molar-refractivity contribution in [1.82, 2.24) is 35.1 Å². The summed E-state index contributed by atoms with van der Waals surface area (Å²) < 4.78 is 11.4. The summed E-state index contributed by atoms with van der Waals surface area (Å²) in [6, 6.07) is 11.2. The number of methoxy groups -OCH3 is 1. The van der Waals surface area contributed by atoms with E-state index in [4.69, 9.17) is 19.4 Å². The maximum absolute atomic E-state index is 13.7. The van der Waals surface area contributed by atoms with Crippen molar-refractivity contribution in [2.24, 2.45) is 17.8 Å². The zero-order chi connectivity index (χ0) is 39.3. The minimum Gasteiger partial charge on any atom is -0.457 e. The van der Waals surface area contributed by atoms with Gasteiger partial charge < -0.3 is 34.6 Å². The number of amides is 3. The molecule has 0 bridgehead atoms. The number of aromatic nitrogens is 4. The number of likely N-dealkylation sites (tertiary alicyclic amines) is 1. The van der Waals surface area contributed by atoms with E-state index in [9.17, 15) is 14.4 Å². The van der Waals surface area contributed by atoms with Gasteiger partial charge in [0.1, 0.15) is 35.2 Å². The summed E-state index contributed by atoms with van der Waals surface area (Å²) in [5.41, 5.74) is 6.34. The van der Waals surface area contributed by atoms with E-state index in [1.54, 1.807) is 4.90 Å². The zero-order valence-corrected chi connectivity index (χ0v) is 33.3. The molecule has 290 valence electrons. The third-order valence-electron chi connectivity index (χ3n) is 11.7. The Bertz CT molecular complexity index is 2150. The van der Waals surface area contributed by atoms with Crippen molar-refractivity contribution in [3.05, 3.63) is 83.2 Å². The van der Waals surface area contributed by atoms with E-state index >= 15 is 0 Å². The van der Waals surface area contributed by atoms with Crippen LogP contribution in [0.15, 0.2) is 60.4 Å². The zero-order valence-electron chi connectivity index (χ0n) is 33.3. The van der Waals surface area contributed by atoms with Gasteiger partial charge >= 0.3 is 6.09 Å². The van der Waals surface area contributed by atoms with Gasteiger partial charge in [0.05, 0.1) is 30.7 Å². The van der Waals surface area contributed by atoms with Crippen molar-refractivity contribution in [1.29, 1.82) is 0 Å². The molecule has 0 spiro atoms. The molecule has 7 rings (SSSR count). The standard InChI is InChI=1S/C43H53N7O5/c1-23(2)26(6)40(51)49-16-10-11-33(49)38-44-20-31(46-38)27-13-15-35-30(18-27)43(7,8)29-14-12-28(19-36(29)55-35)32-21-45-39(47-32)34-17-25(5)22-50(34)41(52)37(24(3)4)48-42(53)54-9/h12-15,17-21,23-24,26,33-34,37H,10-11,16,22H2,1-9H3,(H,44,46)(H,45,47)(H,48,53)/t26-,33-,34-,37-/m0/s1. The molecule has 0 unspecified atom stereocenters. The maximum atomic E-state index is 13.7. The number of aromatic amines is 2. The molecule has 55 heavy (non-hydrogen) atoms. The molecule has 3 aliphatic rings. The summed E-state index contributed by atoms with van der Waals surface area (Å²) in [5, 5.41) is 2.70. The quantitative estimate of drug-likeness (QED) is 0.147. The summed E-state index contributed by atoms with van der Waals surface area (Å²) >= 11 is 0. The lowest BCUT2D eigenvalue weighted by Crippen LogP contribution is -2.51. The molecule has 0 radical (unpaired) electrons. The van der Waals surface area contributed by atoms with Crippen molar-refractivity contribution in [3.8, 4) is 34.0 Å². The molecule has 3 amide bonds. The molecule has 0 aliphatic carbocycles. The van der Waals surface area contributed by atoms with Gasteiger partial charge in [-0.2, -0.15) is 0 Å². The summed E-state index contributed by atoms with van der Waals surface area (Å²) in [6.45, 7) is 17.6. The number of H-pyrrole nitrogens is 2. The van der Waals surface area contributed by atoms with Gasteiger partial charge in [0.25, 0.3) is 0 Å². The van der Waals surface area contributed by atoms with Crippen LogP contribution in [0, 0.1) is 17.8 Å². The number of alkyl carbamates (subject to hydrolysis) is 1. The molecule has 1 fully saturated rings. The number of hydrogen-bond acceptors (Lipinski definition) is 7. The third kappa shape index (κ3) is 7.02. The number of nitrogens with one attached hydrogen (secondary N) is 3. The number of ether oxygens (including phenoxy) is 2. The minimum absolute atomic E-state index is 0.0302. The van der Waals surface area contributed by atoms with E-state index < -0.39 is 18.2 Å². The van der Waals surface area contributed by atoms with E-state index in [1.807, 2.05) is 69.3 Å². The third-order valence-corrected chi connectivity index (χ3v) is 11.7. The van der Waals surface area contributed by atoms with Gasteiger partial charge in [-0.3, -0.25) is 9.59 Å². The van der Waals surface area contributed by atoms with Crippen molar-refractivity contribution >= 4 is 17.9 Å². The fraction of sp³-hybridized carbons (Fsp3) is 0.465. The average molecular weight is 748 g/mol. The Labute approximate surface area is 323 Å². The van der Waals surface area contributed by atoms with Crippen LogP contribution in [0.2, 0.25) is 0 Å². The Morgan fingerprint density at radius 3 is 2.44 bits per heavy atom. The first-order valence-electron chi connectivity index (χ1n) is 19.4. The van der Waals surface area contributed by atoms with Crippen LogP contribution < -0.4 is 10.1 Å². The molecule has 1 saturated heterocycles. The molecule has 5 heterocycles. The predicted octanol–water partition coefficient (Wildman–Crippen LogP) is 8.06. The number of carbonyl (C=O) groups excluding carboxylic acids is 3. The van der Waals surface area contributed by atoms with Gasteiger partial charge in [0.15, 0.2) is 0 Å². The summed E-state index contributed by atoms with van der Waals surface area (Å²) in [4.78, 5) is 59.4. The van der Waals surface area contributed by atoms with E-state index in [2.05, 4.69) is 61.2 Å². The van der Waals surface area contributed by atoms with Crippen LogP contribution in [-0.2, 0) is 19.7 Å². The van der Waals surface area contributed by atoms with Crippen molar-refractivity contribution in [2.75, 3.05) is 20.2 Å². The Balaban J connectivity index is 1.10. The second-order valence-corrected chi connectivity index (χ2v) is 16.5. The number of fused-ring (bicyclic) bond motifs is 2. The van der Waals surface area contributed by atoms with Crippen LogP contribution in [0.4, 0.5) is 4.79 Å². The molecule has 12 heteroatoms. The predicted molar refractivity (Wildman–Crippen MR) is 210 cm³/mol. The number of imidazole rings is 2. The molecule has 3 N–H and O–H groups in total. The van der Waals surface area contributed by atoms with Crippen LogP contribution in [-0.4, -0.2) is 73.9 Å². The second kappa shape index (κ2) is 14.7. The Kier molecular flexibility index (Phi) is 10.1. The van der Waals surface area contributed by atoms with Crippen LogP contribution in [0.3, 0.4) is 0 Å². The lowest BCUT2D eigenvalue weighted by Gasteiger charge is -2.35. The first-order valence-corrected chi connectivity index (χ1v) is 19.4. The highest BCUT2D eigenvalue weighted by molar-refractivity contribution is 5.87. The first-order chi connectivity index (χ1) is 26.2. The summed E-state index contributed by atoms with van der Waals surface area (Å²) in [7, 11) is 1.29. The Morgan fingerprint density at radius 1 is 0.945 bits per heavy atom. The topological polar surface area (TPSA) is 146 Å². The number of benzene rings is 2. The largest absolute Gasteiger partial charge is 0.457 e. The lowest BCUT2D eigenvalue weighted by molar-refractivity contribution is -0.137. The summed E-state index contributed by atoms with van der Waals surface area (Å²) in [6.07, 6.45) is 6.99. The van der Waals surface area contributed by atoms with Gasteiger partial charge in [-0.1, -0.05) is 72.2 Å². The van der Waals surface area contributed by atoms with Crippen LogP contribution >= 0.6 is 0 Å². The molecule has 2 aromatic heterocycles. The Hall–Kier alpha value is -5.39. The fourth-order valence-corrected chi connectivity index (χ4v) is 8.07. The van der Waals surface area contributed by atoms with Crippen molar-refractivity contribution in [2.45, 2.75) is 91.8 Å². The molecule has 4 aromatic rings. The van der Waals surface area contributed by atoms with E-state index in [1.165, 1.54) is 7.11 Å². The molecule has 4 atom stereocenters. The fourth-order valence-electron chi connectivity index (χ4n) is 8.07. The number of hydrogen-bond donors (Lipinski definition) is 3. The van der Waals surface area contributed by atoms with E-state index in [-0.39, 0.29) is 41.0 Å². The van der Waals surface area contributed by atoms with Gasteiger partial charge in [0, 0.05) is 52.9 Å². The van der Waals surface area contributed by atoms with E-state index in [0.717, 1.165) is 75.9 Å². The highest BCUT2D eigenvalue weighted by Crippen LogP contribution is 2.50. The highest BCUT2D eigenvalue weighted by Gasteiger charge is 2.39. The van der Waals surface area contributed by atoms with Gasteiger partial charge in [-0.25, -0.2) is 14.8 Å². The smallest absolute Gasteiger partial charge is 0.407 e. The van der Waals surface area contributed by atoms with Crippen LogP contribution in [0.1, 0.15) is 103 Å². The van der Waals surface area contributed by atoms with Gasteiger partial charge in [-0.05, 0) is 55.9 Å². The molecule has 12 nitrogen and oxygen atoms in total. The maximum Gasteiger partial charge on any atom is 0.407 e. The molecule has 3 aliphatic heterocycles. The number of rotatable bonds is 9. The van der Waals surface area contributed by atoms with Gasteiger partial charge in [0.2, 0.25) is 11.8 Å². The average Bonchev–Trinajstić information content (AvgIpc) is 3.99. The number of carbonyl (C=O) groups is 3. The second-order valence-electron chi connectivity index (χ2n) is 16.5. The number of nitrogens with zero attached hydrogens (tertiary/aromatic N) is 4. The highest BCUT2D eigenvalue weighted by atomic mass is 16.5. The lowest BCUT2D eigenvalue weighted by atomic mass is 9.75. The molecular weight excluding hydrogens is 695 g/mol. The molecule has 2 aromatic carbocycles. The SMILES string of the molecule is COC(=O)N[C@H](C(=O)N1CC(C)=C[C@H]1c1nc(-c2ccc3c(c2)Oc2ccc(-c4cnc([C@@H]5CCCN5C(=O)[C@@H](C)C(C)C)[nH]4)cc2C3(C)C)c[nH]1)C(C)C.